The van der Waals surface area contributed by atoms with E-state index in [1.807, 2.05) is 36.4 Å². The Morgan fingerprint density at radius 1 is 1.06 bits per heavy atom. The van der Waals surface area contributed by atoms with E-state index in [1.54, 1.807) is 0 Å². The Morgan fingerprint density at radius 2 is 1.70 bits per heavy atom. The first-order chi connectivity index (χ1) is 16.0. The van der Waals surface area contributed by atoms with Gasteiger partial charge in [-0.3, -0.25) is 14.8 Å². The predicted molar refractivity (Wildman–Crippen MR) is 118 cm³/mol. The van der Waals surface area contributed by atoms with Crippen LogP contribution < -0.4 is 10.6 Å². The number of benzene rings is 2. The average molecular weight is 450 g/mol. The second-order valence-electron chi connectivity index (χ2n) is 7.52. The van der Waals surface area contributed by atoms with Crippen LogP contribution >= 0.6 is 0 Å². The number of nitrogens with zero attached hydrogens (tertiary/aromatic N) is 2. The molecule has 0 bridgehead atoms. The van der Waals surface area contributed by atoms with Crippen LogP contribution in [-0.4, -0.2) is 57.2 Å². The third kappa shape index (κ3) is 4.85. The fourth-order valence-corrected chi connectivity index (χ4v) is 3.84. The van der Waals surface area contributed by atoms with Gasteiger partial charge in [-0.1, -0.05) is 48.5 Å². The predicted octanol–water partition coefficient (Wildman–Crippen LogP) is 1.81. The van der Waals surface area contributed by atoms with Gasteiger partial charge in [-0.25, -0.2) is 9.59 Å². The molecule has 1 aliphatic rings. The van der Waals surface area contributed by atoms with E-state index < -0.39 is 30.6 Å². The molecule has 1 aliphatic carbocycles. The molecule has 4 N–H and O–H groups in total. The molecule has 0 saturated heterocycles. The van der Waals surface area contributed by atoms with Crippen LogP contribution in [0.2, 0.25) is 0 Å². The molecule has 1 heterocycles. The van der Waals surface area contributed by atoms with Crippen molar-refractivity contribution in [2.45, 2.75) is 18.5 Å². The standard InChI is InChI=1S/C23H22N4O6/c28-12-20(22(30)31)26-21(29)11-27-10-14(9-24-27)25-23(32)33-13-19-17-7-3-1-5-15(17)16-6-2-4-8-18(16)19/h1-10,19-20,28H,11-13H2,(H,25,32)(H,26,29)(H,30,31)/t20-/m0/s1. The smallest absolute Gasteiger partial charge is 0.411 e. The van der Waals surface area contributed by atoms with Crippen LogP contribution in [0.15, 0.2) is 60.9 Å². The van der Waals surface area contributed by atoms with Crippen molar-refractivity contribution in [2.75, 3.05) is 18.5 Å². The molecule has 0 saturated carbocycles. The van der Waals surface area contributed by atoms with Crippen molar-refractivity contribution >= 4 is 23.7 Å². The van der Waals surface area contributed by atoms with E-state index in [4.69, 9.17) is 14.9 Å². The first-order valence-electron chi connectivity index (χ1n) is 10.2. The van der Waals surface area contributed by atoms with Gasteiger partial charge in [0.05, 0.1) is 18.5 Å². The molecule has 0 aliphatic heterocycles. The van der Waals surface area contributed by atoms with E-state index in [-0.39, 0.29) is 19.1 Å². The number of nitrogens with one attached hydrogen (secondary N) is 2. The number of carboxylic acids is 1. The largest absolute Gasteiger partial charge is 0.480 e. The van der Waals surface area contributed by atoms with E-state index in [0.717, 1.165) is 22.3 Å². The maximum absolute atomic E-state index is 12.3. The number of rotatable bonds is 8. The van der Waals surface area contributed by atoms with Gasteiger partial charge < -0.3 is 20.3 Å². The monoisotopic (exact) mass is 450 g/mol. The summed E-state index contributed by atoms with van der Waals surface area (Å²) in [5.41, 5.74) is 4.79. The Balaban J connectivity index is 1.33. The highest BCUT2D eigenvalue weighted by Gasteiger charge is 2.29. The molecule has 0 spiro atoms. The van der Waals surface area contributed by atoms with E-state index in [9.17, 15) is 14.4 Å². The van der Waals surface area contributed by atoms with Gasteiger partial charge in [-0.05, 0) is 22.3 Å². The number of carbonyl (C=O) groups excluding carboxylic acids is 2. The van der Waals surface area contributed by atoms with Gasteiger partial charge in [-0.15, -0.1) is 0 Å². The topological polar surface area (TPSA) is 143 Å². The first-order valence-corrected chi connectivity index (χ1v) is 10.2. The Morgan fingerprint density at radius 3 is 2.30 bits per heavy atom. The number of carbonyl (C=O) groups is 3. The number of aliphatic hydroxyl groups excluding tert-OH is 1. The van der Waals surface area contributed by atoms with Crippen molar-refractivity contribution < 1.29 is 29.3 Å². The Kier molecular flexibility index (Phi) is 6.36. The molecule has 3 aromatic rings. The van der Waals surface area contributed by atoms with Gasteiger partial charge >= 0.3 is 12.1 Å². The van der Waals surface area contributed by atoms with Crippen molar-refractivity contribution in [3.05, 3.63) is 72.1 Å². The molecule has 1 aromatic heterocycles. The molecule has 0 unspecified atom stereocenters. The van der Waals surface area contributed by atoms with E-state index in [2.05, 4.69) is 27.9 Å². The maximum Gasteiger partial charge on any atom is 0.411 e. The minimum atomic E-state index is -1.40. The average Bonchev–Trinajstić information content (AvgIpc) is 3.37. The van der Waals surface area contributed by atoms with Gasteiger partial charge in [0.2, 0.25) is 5.91 Å². The summed E-state index contributed by atoms with van der Waals surface area (Å²) < 4.78 is 6.69. The third-order valence-corrected chi connectivity index (χ3v) is 5.34. The lowest BCUT2D eigenvalue weighted by molar-refractivity contribution is -0.143. The quantitative estimate of drug-likeness (QED) is 0.410. The van der Waals surface area contributed by atoms with E-state index >= 15 is 0 Å². The zero-order valence-electron chi connectivity index (χ0n) is 17.5. The fourth-order valence-electron chi connectivity index (χ4n) is 3.84. The lowest BCUT2D eigenvalue weighted by Crippen LogP contribution is -2.44. The van der Waals surface area contributed by atoms with Crippen LogP contribution in [0.3, 0.4) is 0 Å². The lowest BCUT2D eigenvalue weighted by atomic mass is 9.98. The second kappa shape index (κ2) is 9.53. The first kappa shape index (κ1) is 22.0. The van der Waals surface area contributed by atoms with Crippen molar-refractivity contribution in [2.24, 2.45) is 0 Å². The van der Waals surface area contributed by atoms with Gasteiger partial charge in [-0.2, -0.15) is 5.10 Å². The number of carboxylic acid groups (broad SMARTS) is 1. The molecule has 10 nitrogen and oxygen atoms in total. The SMILES string of the molecule is O=C(Cn1cc(NC(=O)OCC2c3ccccc3-c3ccccc32)cn1)N[C@@H](CO)C(=O)O. The molecule has 0 radical (unpaired) electrons. The van der Waals surface area contributed by atoms with E-state index in [1.165, 1.54) is 17.1 Å². The number of ether oxygens (including phenoxy) is 1. The number of aliphatic carboxylic acids is 1. The van der Waals surface area contributed by atoms with Crippen LogP contribution in [0.25, 0.3) is 11.1 Å². The number of aromatic nitrogens is 2. The highest BCUT2D eigenvalue weighted by molar-refractivity contribution is 5.85. The van der Waals surface area contributed by atoms with Crippen molar-refractivity contribution in [1.29, 1.82) is 0 Å². The number of fused-ring (bicyclic) bond motifs is 3. The molecule has 4 rings (SSSR count). The fraction of sp³-hybridized carbons (Fsp3) is 0.217. The number of amides is 2. The summed E-state index contributed by atoms with van der Waals surface area (Å²) in [5.74, 6) is -2.06. The number of anilines is 1. The summed E-state index contributed by atoms with van der Waals surface area (Å²) in [6.45, 7) is -0.848. The molecule has 0 fully saturated rings. The highest BCUT2D eigenvalue weighted by Crippen LogP contribution is 2.44. The third-order valence-electron chi connectivity index (χ3n) is 5.34. The van der Waals surface area contributed by atoms with Crippen molar-refractivity contribution in [1.82, 2.24) is 15.1 Å². The zero-order valence-corrected chi connectivity index (χ0v) is 17.5. The zero-order chi connectivity index (χ0) is 23.4. The summed E-state index contributed by atoms with van der Waals surface area (Å²) in [4.78, 5) is 35.1. The van der Waals surface area contributed by atoms with Crippen molar-refractivity contribution in [3.8, 4) is 11.1 Å². The molecule has 10 heteroatoms. The summed E-state index contributed by atoms with van der Waals surface area (Å²) in [7, 11) is 0. The number of hydrogen-bond donors (Lipinski definition) is 4. The molecule has 1 atom stereocenters. The summed E-state index contributed by atoms with van der Waals surface area (Å²) >= 11 is 0. The van der Waals surface area contributed by atoms with Crippen LogP contribution in [0.5, 0.6) is 0 Å². The number of hydrogen-bond acceptors (Lipinski definition) is 6. The van der Waals surface area contributed by atoms with Crippen LogP contribution in [0.4, 0.5) is 10.5 Å². The van der Waals surface area contributed by atoms with Crippen molar-refractivity contribution in [3.63, 3.8) is 0 Å². The minimum absolute atomic E-state index is 0.0664. The van der Waals surface area contributed by atoms with Crippen LogP contribution in [-0.2, 0) is 20.9 Å². The summed E-state index contributed by atoms with van der Waals surface area (Å²) in [5, 5.41) is 26.5. The molecule has 170 valence electrons. The minimum Gasteiger partial charge on any atom is -0.480 e. The molecular formula is C23H22N4O6. The highest BCUT2D eigenvalue weighted by atomic mass is 16.5. The Hall–Kier alpha value is -4.18. The maximum atomic E-state index is 12.3. The molecular weight excluding hydrogens is 428 g/mol. The number of aliphatic hydroxyl groups is 1. The van der Waals surface area contributed by atoms with Gasteiger partial charge in [0.1, 0.15) is 19.2 Å². The van der Waals surface area contributed by atoms with Crippen LogP contribution in [0, 0.1) is 0 Å². The summed E-state index contributed by atoms with van der Waals surface area (Å²) in [6, 6.07) is 14.7. The van der Waals surface area contributed by atoms with Crippen LogP contribution in [0.1, 0.15) is 17.0 Å². The Labute approximate surface area is 188 Å². The lowest BCUT2D eigenvalue weighted by Gasteiger charge is -2.14. The molecule has 2 aromatic carbocycles. The second-order valence-corrected chi connectivity index (χ2v) is 7.52. The normalized spacial score (nSPS) is 13.0. The van der Waals surface area contributed by atoms with Gasteiger partial charge in [0.25, 0.3) is 0 Å². The van der Waals surface area contributed by atoms with E-state index in [0.29, 0.717) is 5.69 Å². The van der Waals surface area contributed by atoms with Gasteiger partial charge in [0, 0.05) is 12.1 Å². The van der Waals surface area contributed by atoms with Gasteiger partial charge in [0.15, 0.2) is 0 Å². The molecule has 33 heavy (non-hydrogen) atoms. The Bertz CT molecular complexity index is 1150. The molecule has 2 amide bonds. The summed E-state index contributed by atoms with van der Waals surface area (Å²) in [6.07, 6.45) is 2.10.